The number of nitrogen functional groups attached to an aromatic ring is 1. The van der Waals surface area contributed by atoms with Crippen LogP contribution < -0.4 is 10.6 Å². The minimum Gasteiger partial charge on any atom is -0.397 e. The van der Waals surface area contributed by atoms with Crippen LogP contribution in [0, 0.1) is 5.92 Å². The molecule has 0 radical (unpaired) electrons. The molecule has 0 saturated carbocycles. The van der Waals surface area contributed by atoms with Gasteiger partial charge in [0.15, 0.2) is 0 Å². The van der Waals surface area contributed by atoms with E-state index in [1.54, 1.807) is 0 Å². The Morgan fingerprint density at radius 2 is 2.11 bits per heavy atom. The van der Waals surface area contributed by atoms with Gasteiger partial charge < -0.3 is 10.6 Å². The Bertz CT molecular complexity index is 579. The third-order valence-corrected chi connectivity index (χ3v) is 4.14. The third-order valence-electron chi connectivity index (χ3n) is 4.14. The molecule has 0 spiro atoms. The van der Waals surface area contributed by atoms with Gasteiger partial charge in [0.2, 0.25) is 0 Å². The molecule has 1 aliphatic rings. The maximum Gasteiger partial charge on any atom is 0.0951 e. The van der Waals surface area contributed by atoms with Crippen molar-refractivity contribution in [3.05, 3.63) is 30.5 Å². The summed E-state index contributed by atoms with van der Waals surface area (Å²) in [5, 5.41) is 1.18. The van der Waals surface area contributed by atoms with Crippen molar-refractivity contribution in [2.75, 3.05) is 23.7 Å². The molecule has 3 rings (SSSR count). The lowest BCUT2D eigenvalue weighted by Gasteiger charge is -2.24. The Balaban J connectivity index is 2.02. The van der Waals surface area contributed by atoms with Crippen LogP contribution in [0.25, 0.3) is 10.9 Å². The Morgan fingerprint density at radius 1 is 1.21 bits per heavy atom. The molecule has 0 aliphatic carbocycles. The van der Waals surface area contributed by atoms with Gasteiger partial charge in [-0.2, -0.15) is 0 Å². The first-order valence-corrected chi connectivity index (χ1v) is 7.14. The van der Waals surface area contributed by atoms with Gasteiger partial charge in [-0.05, 0) is 49.4 Å². The van der Waals surface area contributed by atoms with E-state index in [1.807, 2.05) is 18.3 Å². The van der Waals surface area contributed by atoms with Crippen molar-refractivity contribution in [2.24, 2.45) is 5.92 Å². The van der Waals surface area contributed by atoms with Gasteiger partial charge in [-0.15, -0.1) is 0 Å². The fraction of sp³-hybridized carbons (Fsp3) is 0.438. The fourth-order valence-corrected chi connectivity index (χ4v) is 2.96. The van der Waals surface area contributed by atoms with Gasteiger partial charge in [0, 0.05) is 30.4 Å². The summed E-state index contributed by atoms with van der Waals surface area (Å²) in [5.41, 5.74) is 9.00. The van der Waals surface area contributed by atoms with Crippen molar-refractivity contribution in [1.82, 2.24) is 4.98 Å². The van der Waals surface area contributed by atoms with E-state index >= 15 is 0 Å². The van der Waals surface area contributed by atoms with E-state index in [9.17, 15) is 0 Å². The Labute approximate surface area is 114 Å². The van der Waals surface area contributed by atoms with E-state index in [-0.39, 0.29) is 0 Å². The lowest BCUT2D eigenvalue weighted by atomic mass is 10.0. The molecule has 2 heterocycles. The second-order valence-electron chi connectivity index (χ2n) is 5.60. The first-order valence-electron chi connectivity index (χ1n) is 7.14. The van der Waals surface area contributed by atoms with Crippen LogP contribution in [-0.2, 0) is 0 Å². The maximum atomic E-state index is 6.03. The molecule has 1 atom stereocenters. The van der Waals surface area contributed by atoms with Crippen LogP contribution in [0.15, 0.2) is 30.5 Å². The molecule has 2 N–H and O–H groups in total. The SMILES string of the molecule is CC1CCCN(c2ccc(N)c3ncccc23)CC1. The highest BCUT2D eigenvalue weighted by atomic mass is 15.1. The van der Waals surface area contributed by atoms with Crippen molar-refractivity contribution in [2.45, 2.75) is 26.2 Å². The van der Waals surface area contributed by atoms with Gasteiger partial charge in [0.1, 0.15) is 0 Å². The zero-order valence-electron chi connectivity index (χ0n) is 11.5. The molecule has 3 nitrogen and oxygen atoms in total. The molecule has 1 aliphatic heterocycles. The smallest absolute Gasteiger partial charge is 0.0951 e. The summed E-state index contributed by atoms with van der Waals surface area (Å²) in [6.07, 6.45) is 5.69. The molecular weight excluding hydrogens is 234 g/mol. The van der Waals surface area contributed by atoms with Crippen molar-refractivity contribution in [3.8, 4) is 0 Å². The first kappa shape index (κ1) is 12.3. The summed E-state index contributed by atoms with van der Waals surface area (Å²) in [5.74, 6) is 0.836. The zero-order chi connectivity index (χ0) is 13.2. The van der Waals surface area contributed by atoms with E-state index in [0.717, 1.165) is 30.2 Å². The largest absolute Gasteiger partial charge is 0.397 e. The molecule has 3 heteroatoms. The number of anilines is 2. The molecule has 1 aromatic heterocycles. The Morgan fingerprint density at radius 3 is 3.00 bits per heavy atom. The average molecular weight is 255 g/mol. The topological polar surface area (TPSA) is 42.1 Å². The second-order valence-corrected chi connectivity index (χ2v) is 5.60. The van der Waals surface area contributed by atoms with Crippen molar-refractivity contribution in [3.63, 3.8) is 0 Å². The van der Waals surface area contributed by atoms with E-state index in [0.29, 0.717) is 0 Å². The molecule has 19 heavy (non-hydrogen) atoms. The predicted octanol–water partition coefficient (Wildman–Crippen LogP) is 3.44. The molecule has 1 fully saturated rings. The van der Waals surface area contributed by atoms with Crippen molar-refractivity contribution >= 4 is 22.3 Å². The van der Waals surface area contributed by atoms with Crippen LogP contribution in [-0.4, -0.2) is 18.1 Å². The van der Waals surface area contributed by atoms with E-state index in [1.165, 1.54) is 30.3 Å². The van der Waals surface area contributed by atoms with Gasteiger partial charge in [0.25, 0.3) is 0 Å². The number of nitrogens with zero attached hydrogens (tertiary/aromatic N) is 2. The molecule has 1 saturated heterocycles. The lowest BCUT2D eigenvalue weighted by molar-refractivity contribution is 0.521. The number of pyridine rings is 1. The number of aromatic nitrogens is 1. The van der Waals surface area contributed by atoms with Crippen LogP contribution in [0.4, 0.5) is 11.4 Å². The summed E-state index contributed by atoms with van der Waals surface area (Å²) >= 11 is 0. The minimum atomic E-state index is 0.766. The number of benzene rings is 1. The van der Waals surface area contributed by atoms with Gasteiger partial charge in [-0.3, -0.25) is 4.98 Å². The molecule has 0 amide bonds. The summed E-state index contributed by atoms with van der Waals surface area (Å²) in [6, 6.07) is 8.25. The predicted molar refractivity (Wildman–Crippen MR) is 81.4 cm³/mol. The third kappa shape index (κ3) is 2.37. The van der Waals surface area contributed by atoms with Gasteiger partial charge in [0.05, 0.1) is 11.2 Å². The van der Waals surface area contributed by atoms with Crippen LogP contribution >= 0.6 is 0 Å². The highest BCUT2D eigenvalue weighted by Gasteiger charge is 2.16. The van der Waals surface area contributed by atoms with E-state index in [2.05, 4.69) is 28.9 Å². The molecule has 1 unspecified atom stereocenters. The molecule has 100 valence electrons. The fourth-order valence-electron chi connectivity index (χ4n) is 2.96. The highest BCUT2D eigenvalue weighted by molar-refractivity contribution is 5.98. The Hall–Kier alpha value is -1.77. The van der Waals surface area contributed by atoms with E-state index in [4.69, 9.17) is 5.73 Å². The standard InChI is InChI=1S/C16H21N3/c1-12-4-3-10-19(11-8-12)15-7-6-14(17)16-13(15)5-2-9-18-16/h2,5-7,9,12H,3-4,8,10-11,17H2,1H3. The average Bonchev–Trinajstić information content (AvgIpc) is 2.65. The second kappa shape index (κ2) is 5.08. The Kier molecular flexibility index (Phi) is 3.28. The first-order chi connectivity index (χ1) is 9.25. The van der Waals surface area contributed by atoms with Crippen molar-refractivity contribution < 1.29 is 0 Å². The number of hydrogen-bond donors (Lipinski definition) is 1. The number of nitrogens with two attached hydrogens (primary N) is 1. The highest BCUT2D eigenvalue weighted by Crippen LogP contribution is 2.31. The summed E-state index contributed by atoms with van der Waals surface area (Å²) in [7, 11) is 0. The van der Waals surface area contributed by atoms with Gasteiger partial charge in [-0.25, -0.2) is 0 Å². The normalized spacial score (nSPS) is 20.5. The lowest BCUT2D eigenvalue weighted by Crippen LogP contribution is -2.24. The number of fused-ring (bicyclic) bond motifs is 1. The molecule has 2 aromatic rings. The monoisotopic (exact) mass is 255 g/mol. The van der Waals surface area contributed by atoms with Crippen molar-refractivity contribution in [1.29, 1.82) is 0 Å². The summed E-state index contributed by atoms with van der Waals surface area (Å²) in [6.45, 7) is 4.62. The van der Waals surface area contributed by atoms with Crippen LogP contribution in [0.5, 0.6) is 0 Å². The van der Waals surface area contributed by atoms with Gasteiger partial charge in [-0.1, -0.05) is 6.92 Å². The van der Waals surface area contributed by atoms with E-state index < -0.39 is 0 Å². The number of rotatable bonds is 1. The summed E-state index contributed by atoms with van der Waals surface area (Å²) < 4.78 is 0. The maximum absolute atomic E-state index is 6.03. The molecule has 0 bridgehead atoms. The number of hydrogen-bond acceptors (Lipinski definition) is 3. The molecular formula is C16H21N3. The zero-order valence-corrected chi connectivity index (χ0v) is 11.5. The quantitative estimate of drug-likeness (QED) is 0.794. The van der Waals surface area contributed by atoms with Crippen LogP contribution in [0.3, 0.4) is 0 Å². The van der Waals surface area contributed by atoms with Crippen LogP contribution in [0.2, 0.25) is 0 Å². The van der Waals surface area contributed by atoms with Gasteiger partial charge >= 0.3 is 0 Å². The summed E-state index contributed by atoms with van der Waals surface area (Å²) in [4.78, 5) is 6.92. The van der Waals surface area contributed by atoms with Crippen LogP contribution in [0.1, 0.15) is 26.2 Å². The molecule has 1 aromatic carbocycles. The minimum absolute atomic E-state index is 0.766.